The van der Waals surface area contributed by atoms with Crippen LogP contribution < -0.4 is 5.32 Å². The Morgan fingerprint density at radius 2 is 2.00 bits per heavy atom. The van der Waals surface area contributed by atoms with Crippen LogP contribution in [0.4, 0.5) is 0 Å². The number of thiophene rings is 1. The van der Waals surface area contributed by atoms with Gasteiger partial charge in [-0.2, -0.15) is 0 Å². The van der Waals surface area contributed by atoms with Crippen molar-refractivity contribution in [1.82, 2.24) is 10.2 Å². The maximum atomic E-state index is 12.1. The Balaban J connectivity index is 1.89. The average molecular weight is 436 g/mol. The highest BCUT2D eigenvalue weighted by atomic mass is 79.9. The Bertz CT molecular complexity index is 736. The van der Waals surface area contributed by atoms with E-state index in [4.69, 9.17) is 23.2 Å². The SMILES string of the molecule is CN(Cc1ccc(Br)s1)C(=O)CNC(=O)c1ccc(Cl)cc1Cl. The zero-order chi connectivity index (χ0) is 17.0. The number of amides is 2. The summed E-state index contributed by atoms with van der Waals surface area (Å²) in [4.78, 5) is 26.7. The van der Waals surface area contributed by atoms with Crippen LogP contribution in [0.2, 0.25) is 10.0 Å². The number of carbonyl (C=O) groups excluding carboxylic acids is 2. The summed E-state index contributed by atoms with van der Waals surface area (Å²) in [5.74, 6) is -0.597. The Labute approximate surface area is 156 Å². The molecule has 2 rings (SSSR count). The van der Waals surface area contributed by atoms with Crippen LogP contribution in [0.15, 0.2) is 34.1 Å². The van der Waals surface area contributed by atoms with Crippen LogP contribution in [-0.2, 0) is 11.3 Å². The van der Waals surface area contributed by atoms with E-state index < -0.39 is 5.91 Å². The van der Waals surface area contributed by atoms with Gasteiger partial charge in [0, 0.05) is 16.9 Å². The van der Waals surface area contributed by atoms with Crippen LogP contribution in [0.5, 0.6) is 0 Å². The molecule has 0 aliphatic heterocycles. The summed E-state index contributed by atoms with van der Waals surface area (Å²) in [6.45, 7) is 0.396. The van der Waals surface area contributed by atoms with Gasteiger partial charge in [0.2, 0.25) is 5.91 Å². The van der Waals surface area contributed by atoms with Crippen molar-refractivity contribution in [1.29, 1.82) is 0 Å². The second-order valence-electron chi connectivity index (χ2n) is 4.76. The summed E-state index contributed by atoms with van der Waals surface area (Å²) in [6, 6.07) is 8.47. The van der Waals surface area contributed by atoms with Gasteiger partial charge in [0.1, 0.15) is 0 Å². The van der Waals surface area contributed by atoms with E-state index in [2.05, 4.69) is 21.2 Å². The van der Waals surface area contributed by atoms with Gasteiger partial charge in [0.15, 0.2) is 0 Å². The normalized spacial score (nSPS) is 10.4. The summed E-state index contributed by atoms with van der Waals surface area (Å²) in [5.41, 5.74) is 0.286. The number of hydrogen-bond acceptors (Lipinski definition) is 3. The fraction of sp³-hybridized carbons (Fsp3) is 0.200. The lowest BCUT2D eigenvalue weighted by molar-refractivity contribution is -0.129. The van der Waals surface area contributed by atoms with E-state index in [-0.39, 0.29) is 23.0 Å². The third-order valence-electron chi connectivity index (χ3n) is 3.02. The maximum Gasteiger partial charge on any atom is 0.253 e. The first-order valence-corrected chi connectivity index (χ1v) is 8.95. The molecular weight excluding hydrogens is 423 g/mol. The summed E-state index contributed by atoms with van der Waals surface area (Å²) in [7, 11) is 1.69. The Morgan fingerprint density at radius 3 is 2.61 bits per heavy atom. The number of nitrogens with zero attached hydrogens (tertiary/aromatic N) is 1. The molecule has 1 aromatic heterocycles. The molecule has 0 unspecified atom stereocenters. The molecule has 2 aromatic rings. The van der Waals surface area contributed by atoms with E-state index in [0.717, 1.165) is 8.66 Å². The minimum absolute atomic E-state index is 0.0964. The van der Waals surface area contributed by atoms with Crippen LogP contribution in [0.25, 0.3) is 0 Å². The standard InChI is InChI=1S/C15H13BrCl2N2O2S/c1-20(8-10-3-5-13(16)23-10)14(21)7-19-15(22)11-4-2-9(17)6-12(11)18/h2-6H,7-8H2,1H3,(H,19,22). The van der Waals surface area contributed by atoms with E-state index in [0.29, 0.717) is 11.6 Å². The molecule has 122 valence electrons. The minimum atomic E-state index is -0.410. The van der Waals surface area contributed by atoms with Crippen LogP contribution >= 0.6 is 50.5 Å². The zero-order valence-corrected chi connectivity index (χ0v) is 16.0. The number of rotatable bonds is 5. The van der Waals surface area contributed by atoms with Gasteiger partial charge in [-0.1, -0.05) is 23.2 Å². The highest BCUT2D eigenvalue weighted by Gasteiger charge is 2.15. The largest absolute Gasteiger partial charge is 0.343 e. The van der Waals surface area contributed by atoms with Crippen molar-refractivity contribution in [3.63, 3.8) is 0 Å². The third kappa shape index (κ3) is 5.21. The van der Waals surface area contributed by atoms with Crippen molar-refractivity contribution >= 4 is 62.3 Å². The van der Waals surface area contributed by atoms with Gasteiger partial charge in [-0.3, -0.25) is 9.59 Å². The van der Waals surface area contributed by atoms with Crippen LogP contribution in [0, 0.1) is 0 Å². The summed E-state index contributed by atoms with van der Waals surface area (Å²) in [6.07, 6.45) is 0. The molecule has 1 aromatic carbocycles. The van der Waals surface area contributed by atoms with E-state index in [1.807, 2.05) is 12.1 Å². The second kappa shape index (κ2) is 8.15. The first-order valence-electron chi connectivity index (χ1n) is 6.58. The number of hydrogen-bond donors (Lipinski definition) is 1. The molecule has 1 heterocycles. The predicted molar refractivity (Wildman–Crippen MR) is 97.3 cm³/mol. The van der Waals surface area contributed by atoms with Crippen molar-refractivity contribution in [2.45, 2.75) is 6.54 Å². The molecule has 0 aliphatic rings. The number of nitrogens with one attached hydrogen (secondary N) is 1. The average Bonchev–Trinajstić information content (AvgIpc) is 2.89. The van der Waals surface area contributed by atoms with Crippen molar-refractivity contribution < 1.29 is 9.59 Å². The number of carbonyl (C=O) groups is 2. The van der Waals surface area contributed by atoms with Gasteiger partial charge >= 0.3 is 0 Å². The van der Waals surface area contributed by atoms with Crippen molar-refractivity contribution in [3.8, 4) is 0 Å². The molecule has 0 atom stereocenters. The summed E-state index contributed by atoms with van der Waals surface area (Å²) < 4.78 is 1.01. The number of likely N-dealkylation sites (N-methyl/N-ethyl adjacent to an activating group) is 1. The topological polar surface area (TPSA) is 49.4 Å². The lowest BCUT2D eigenvalue weighted by Crippen LogP contribution is -2.37. The highest BCUT2D eigenvalue weighted by Crippen LogP contribution is 2.23. The fourth-order valence-corrected chi connectivity index (χ4v) is 3.85. The van der Waals surface area contributed by atoms with Gasteiger partial charge in [0.05, 0.1) is 27.5 Å². The van der Waals surface area contributed by atoms with Crippen LogP contribution in [0.3, 0.4) is 0 Å². The molecule has 8 heteroatoms. The molecule has 0 saturated carbocycles. The van der Waals surface area contributed by atoms with Crippen molar-refractivity contribution in [3.05, 3.63) is 54.6 Å². The molecule has 23 heavy (non-hydrogen) atoms. The monoisotopic (exact) mass is 434 g/mol. The number of benzene rings is 1. The molecule has 0 aliphatic carbocycles. The molecule has 1 N–H and O–H groups in total. The maximum absolute atomic E-state index is 12.1. The lowest BCUT2D eigenvalue weighted by Gasteiger charge is -2.16. The van der Waals surface area contributed by atoms with E-state index in [1.54, 1.807) is 29.4 Å². The molecule has 0 fully saturated rings. The van der Waals surface area contributed by atoms with Crippen molar-refractivity contribution in [2.75, 3.05) is 13.6 Å². The third-order valence-corrected chi connectivity index (χ3v) is 5.18. The Hall–Kier alpha value is -1.08. The van der Waals surface area contributed by atoms with E-state index in [9.17, 15) is 9.59 Å². The summed E-state index contributed by atoms with van der Waals surface area (Å²) in [5, 5.41) is 3.27. The summed E-state index contributed by atoms with van der Waals surface area (Å²) >= 11 is 16.7. The highest BCUT2D eigenvalue weighted by molar-refractivity contribution is 9.11. The van der Waals surface area contributed by atoms with Crippen LogP contribution in [0.1, 0.15) is 15.2 Å². The quantitative estimate of drug-likeness (QED) is 0.764. The van der Waals surface area contributed by atoms with Gasteiger partial charge in [-0.25, -0.2) is 0 Å². The lowest BCUT2D eigenvalue weighted by atomic mass is 10.2. The smallest absolute Gasteiger partial charge is 0.253 e. The van der Waals surface area contributed by atoms with Crippen LogP contribution in [-0.4, -0.2) is 30.3 Å². The molecule has 0 saturated heterocycles. The molecule has 0 bridgehead atoms. The van der Waals surface area contributed by atoms with Crippen molar-refractivity contribution in [2.24, 2.45) is 0 Å². The Morgan fingerprint density at radius 1 is 1.26 bits per heavy atom. The predicted octanol–water partition coefficient (Wildman–Crippen LogP) is 4.21. The van der Waals surface area contributed by atoms with E-state index >= 15 is 0 Å². The fourth-order valence-electron chi connectivity index (χ4n) is 1.82. The molecule has 4 nitrogen and oxygen atoms in total. The first-order chi connectivity index (χ1) is 10.9. The zero-order valence-electron chi connectivity index (χ0n) is 12.1. The van der Waals surface area contributed by atoms with Gasteiger partial charge in [-0.05, 0) is 46.3 Å². The first kappa shape index (κ1) is 18.3. The Kier molecular flexibility index (Phi) is 6.47. The minimum Gasteiger partial charge on any atom is -0.343 e. The molecule has 0 radical (unpaired) electrons. The van der Waals surface area contributed by atoms with E-state index in [1.165, 1.54) is 12.1 Å². The molecule has 0 spiro atoms. The molecular formula is C15H13BrCl2N2O2S. The van der Waals surface area contributed by atoms with Gasteiger partial charge in [0.25, 0.3) is 5.91 Å². The second-order valence-corrected chi connectivity index (χ2v) is 8.15. The molecule has 2 amide bonds. The van der Waals surface area contributed by atoms with Gasteiger partial charge < -0.3 is 10.2 Å². The number of halogens is 3. The van der Waals surface area contributed by atoms with Gasteiger partial charge in [-0.15, -0.1) is 11.3 Å².